The highest BCUT2D eigenvalue weighted by atomic mass is 32.2. The minimum Gasteiger partial charge on any atom is -0.387 e. The summed E-state index contributed by atoms with van der Waals surface area (Å²) in [5.74, 6) is 0. The summed E-state index contributed by atoms with van der Waals surface area (Å²) >= 11 is 0. The van der Waals surface area contributed by atoms with Crippen molar-refractivity contribution in [1.29, 1.82) is 0 Å². The van der Waals surface area contributed by atoms with Crippen molar-refractivity contribution in [3.63, 3.8) is 0 Å². The molecule has 1 aliphatic heterocycles. The van der Waals surface area contributed by atoms with E-state index in [1.807, 2.05) is 35.2 Å². The maximum atomic E-state index is 12.8. The SMILES string of the molecule is O=[N+]([O-])c1ccccc1S(=O)(=O)N1CCN(C[C@@H](O)c2ccccc2)CC1. The molecule has 0 spiro atoms. The summed E-state index contributed by atoms with van der Waals surface area (Å²) in [5, 5.41) is 21.5. The fourth-order valence-corrected chi connectivity index (χ4v) is 4.72. The van der Waals surface area contributed by atoms with E-state index in [-0.39, 0.29) is 18.0 Å². The lowest BCUT2D eigenvalue weighted by Crippen LogP contribution is -2.49. The second kappa shape index (κ2) is 8.13. The van der Waals surface area contributed by atoms with Gasteiger partial charge >= 0.3 is 0 Å². The van der Waals surface area contributed by atoms with Gasteiger partial charge in [-0.15, -0.1) is 0 Å². The van der Waals surface area contributed by atoms with Crippen LogP contribution in [0.1, 0.15) is 11.7 Å². The third-order valence-corrected chi connectivity index (χ3v) is 6.57. The molecule has 1 atom stereocenters. The van der Waals surface area contributed by atoms with Crippen molar-refractivity contribution in [2.75, 3.05) is 32.7 Å². The lowest BCUT2D eigenvalue weighted by Gasteiger charge is -2.34. The molecule has 0 amide bonds. The first-order valence-corrected chi connectivity index (χ1v) is 10.0. The zero-order chi connectivity index (χ0) is 19.4. The fraction of sp³-hybridized carbons (Fsp3) is 0.333. The Hall–Kier alpha value is -2.33. The quantitative estimate of drug-likeness (QED) is 0.593. The lowest BCUT2D eigenvalue weighted by molar-refractivity contribution is -0.387. The molecule has 1 fully saturated rings. The van der Waals surface area contributed by atoms with Crippen molar-refractivity contribution in [2.45, 2.75) is 11.0 Å². The molecule has 2 aromatic carbocycles. The Morgan fingerprint density at radius 2 is 1.59 bits per heavy atom. The van der Waals surface area contributed by atoms with Crippen molar-refractivity contribution < 1.29 is 18.4 Å². The van der Waals surface area contributed by atoms with Crippen molar-refractivity contribution in [3.05, 3.63) is 70.3 Å². The van der Waals surface area contributed by atoms with Gasteiger partial charge in [-0.25, -0.2) is 8.42 Å². The Labute approximate surface area is 157 Å². The maximum Gasteiger partial charge on any atom is 0.289 e. The van der Waals surface area contributed by atoms with Crippen LogP contribution in [0.5, 0.6) is 0 Å². The Bertz CT molecular complexity index is 896. The van der Waals surface area contributed by atoms with Gasteiger partial charge in [-0.3, -0.25) is 15.0 Å². The molecule has 144 valence electrons. The van der Waals surface area contributed by atoms with Gasteiger partial charge in [0.05, 0.1) is 11.0 Å². The Balaban J connectivity index is 1.66. The van der Waals surface area contributed by atoms with E-state index in [9.17, 15) is 23.6 Å². The lowest BCUT2D eigenvalue weighted by atomic mass is 10.1. The van der Waals surface area contributed by atoms with Gasteiger partial charge in [0.25, 0.3) is 5.69 Å². The molecule has 1 heterocycles. The molecule has 0 saturated carbocycles. The van der Waals surface area contributed by atoms with E-state index >= 15 is 0 Å². The number of aliphatic hydroxyl groups is 1. The van der Waals surface area contributed by atoms with Crippen LogP contribution in [0.2, 0.25) is 0 Å². The van der Waals surface area contributed by atoms with E-state index in [0.29, 0.717) is 19.6 Å². The van der Waals surface area contributed by atoms with Crippen molar-refractivity contribution in [2.24, 2.45) is 0 Å². The second-order valence-electron chi connectivity index (χ2n) is 6.36. The summed E-state index contributed by atoms with van der Waals surface area (Å²) in [6.45, 7) is 1.74. The number of β-amino-alcohol motifs (C(OH)–C–C–N with tert-alkyl or cyclic N) is 1. The van der Waals surface area contributed by atoms with Crippen LogP contribution in [0.4, 0.5) is 5.69 Å². The van der Waals surface area contributed by atoms with Crippen molar-refractivity contribution in [3.8, 4) is 0 Å². The highest BCUT2D eigenvalue weighted by Crippen LogP contribution is 2.27. The standard InChI is InChI=1S/C18H21N3O5S/c22-17(15-6-2-1-3-7-15)14-19-10-12-20(13-11-19)27(25,26)18-9-5-4-8-16(18)21(23)24/h1-9,17,22H,10-14H2/t17-/m1/s1. The number of piperazine rings is 1. The molecule has 0 aliphatic carbocycles. The summed E-state index contributed by atoms with van der Waals surface area (Å²) in [7, 11) is -3.94. The molecule has 27 heavy (non-hydrogen) atoms. The van der Waals surface area contributed by atoms with E-state index in [1.54, 1.807) is 0 Å². The molecule has 0 bridgehead atoms. The average molecular weight is 391 g/mol. The van der Waals surface area contributed by atoms with Crippen LogP contribution in [0.3, 0.4) is 0 Å². The average Bonchev–Trinajstić information content (AvgIpc) is 2.69. The zero-order valence-electron chi connectivity index (χ0n) is 14.6. The molecule has 3 rings (SSSR count). The number of nitro groups is 1. The molecular formula is C18H21N3O5S. The van der Waals surface area contributed by atoms with E-state index in [0.717, 1.165) is 5.56 Å². The summed E-state index contributed by atoms with van der Waals surface area (Å²) in [6.07, 6.45) is -0.649. The normalized spacial score (nSPS) is 17.5. The van der Waals surface area contributed by atoms with Crippen LogP contribution in [0.25, 0.3) is 0 Å². The third-order valence-electron chi connectivity index (χ3n) is 4.63. The largest absolute Gasteiger partial charge is 0.387 e. The highest BCUT2D eigenvalue weighted by molar-refractivity contribution is 7.89. The molecule has 0 aromatic heterocycles. The first-order valence-electron chi connectivity index (χ1n) is 8.58. The third kappa shape index (κ3) is 4.33. The molecule has 0 unspecified atom stereocenters. The van der Waals surface area contributed by atoms with Crippen molar-refractivity contribution in [1.82, 2.24) is 9.21 Å². The zero-order valence-corrected chi connectivity index (χ0v) is 15.5. The summed E-state index contributed by atoms with van der Waals surface area (Å²) < 4.78 is 26.9. The number of nitrogens with zero attached hydrogens (tertiary/aromatic N) is 3. The number of benzene rings is 2. The van der Waals surface area contributed by atoms with Crippen LogP contribution in [0.15, 0.2) is 59.5 Å². The van der Waals surface area contributed by atoms with E-state index in [2.05, 4.69) is 0 Å². The number of nitro benzene ring substituents is 1. The van der Waals surface area contributed by atoms with Crippen LogP contribution in [-0.4, -0.2) is 60.4 Å². The molecule has 1 saturated heterocycles. The van der Waals surface area contributed by atoms with Gasteiger partial charge in [0.15, 0.2) is 4.90 Å². The topological polar surface area (TPSA) is 104 Å². The molecule has 9 heteroatoms. The summed E-state index contributed by atoms with van der Waals surface area (Å²) in [4.78, 5) is 12.2. The highest BCUT2D eigenvalue weighted by Gasteiger charge is 2.33. The van der Waals surface area contributed by atoms with Gasteiger partial charge in [0.1, 0.15) is 0 Å². The van der Waals surface area contributed by atoms with Crippen LogP contribution in [0, 0.1) is 10.1 Å². The number of hydrogen-bond acceptors (Lipinski definition) is 6. The van der Waals surface area contributed by atoms with Crippen molar-refractivity contribution >= 4 is 15.7 Å². The van der Waals surface area contributed by atoms with E-state index in [4.69, 9.17) is 0 Å². The Kier molecular flexibility index (Phi) is 5.85. The first-order chi connectivity index (χ1) is 12.9. The molecule has 1 aliphatic rings. The van der Waals surface area contributed by atoms with Gasteiger partial charge in [-0.2, -0.15) is 4.31 Å². The molecular weight excluding hydrogens is 370 g/mol. The van der Waals surface area contributed by atoms with Crippen LogP contribution >= 0.6 is 0 Å². The monoisotopic (exact) mass is 391 g/mol. The smallest absolute Gasteiger partial charge is 0.289 e. The second-order valence-corrected chi connectivity index (χ2v) is 8.26. The minimum absolute atomic E-state index is 0.218. The maximum absolute atomic E-state index is 12.8. The predicted molar refractivity (Wildman–Crippen MR) is 99.7 cm³/mol. The molecule has 8 nitrogen and oxygen atoms in total. The Morgan fingerprint density at radius 3 is 2.22 bits per heavy atom. The molecule has 2 aromatic rings. The number of para-hydroxylation sites is 1. The fourth-order valence-electron chi connectivity index (χ4n) is 3.14. The number of sulfonamides is 1. The summed E-state index contributed by atoms with van der Waals surface area (Å²) in [6, 6.07) is 14.7. The predicted octanol–water partition coefficient (Wildman–Crippen LogP) is 1.63. The van der Waals surface area contributed by atoms with Gasteiger partial charge in [0, 0.05) is 38.8 Å². The van der Waals surface area contributed by atoms with Crippen LogP contribution < -0.4 is 0 Å². The molecule has 1 N–H and O–H groups in total. The van der Waals surface area contributed by atoms with Gasteiger partial charge in [-0.1, -0.05) is 42.5 Å². The van der Waals surface area contributed by atoms with Gasteiger partial charge in [-0.05, 0) is 11.6 Å². The van der Waals surface area contributed by atoms with Gasteiger partial charge < -0.3 is 5.11 Å². The van der Waals surface area contributed by atoms with Crippen LogP contribution in [-0.2, 0) is 10.0 Å². The number of rotatable bonds is 6. The Morgan fingerprint density at radius 1 is 1.00 bits per heavy atom. The number of hydrogen-bond donors (Lipinski definition) is 1. The first kappa shape index (κ1) is 19.4. The summed E-state index contributed by atoms with van der Waals surface area (Å²) in [5.41, 5.74) is 0.395. The van der Waals surface area contributed by atoms with E-state index in [1.165, 1.54) is 28.6 Å². The van der Waals surface area contributed by atoms with E-state index < -0.39 is 26.7 Å². The molecule has 0 radical (unpaired) electrons. The van der Waals surface area contributed by atoms with Gasteiger partial charge in [0.2, 0.25) is 10.0 Å². The number of aliphatic hydroxyl groups excluding tert-OH is 1. The minimum atomic E-state index is -3.94.